The summed E-state index contributed by atoms with van der Waals surface area (Å²) >= 11 is 0. The molecule has 30 heavy (non-hydrogen) atoms. The minimum atomic E-state index is -1.03. The van der Waals surface area contributed by atoms with Gasteiger partial charge in [0.1, 0.15) is 12.4 Å². The zero-order chi connectivity index (χ0) is 21.8. The lowest BCUT2D eigenvalue weighted by Gasteiger charge is -2.26. The monoisotopic (exact) mass is 416 g/mol. The number of nitrogens with one attached hydrogen (secondary N) is 1. The maximum absolute atomic E-state index is 15.3. The molecule has 1 heterocycles. The van der Waals surface area contributed by atoms with Crippen LogP contribution in [0.4, 0.5) is 10.1 Å². The molecule has 2 fully saturated rings. The molecular weight excluding hydrogens is 387 g/mol. The number of carboxylic acids is 1. The Kier molecular flexibility index (Phi) is 5.11. The van der Waals surface area contributed by atoms with Crippen LogP contribution < -0.4 is 10.2 Å². The van der Waals surface area contributed by atoms with Crippen molar-refractivity contribution < 1.29 is 23.9 Å². The molecule has 0 aromatic heterocycles. The minimum Gasteiger partial charge on any atom is -0.481 e. The Labute approximate surface area is 175 Å². The number of benzene rings is 1. The van der Waals surface area contributed by atoms with Crippen molar-refractivity contribution in [1.29, 1.82) is 0 Å². The maximum Gasteiger partial charge on any atom is 0.303 e. The number of carboxylic acid groups (broad SMARTS) is 1. The van der Waals surface area contributed by atoms with Crippen molar-refractivity contribution in [3.8, 4) is 0 Å². The standard InChI is InChI=1S/C23H29FN2O4/c1-12(10-18(28)29)21(14-6-7-14)25-17(27)11-26-16-9-8-15(13-4-5-13)20(24)19(16)23(2,3)22(26)30/h8-9,12-14,21H,4-7,10-11H2,1-3H3,(H,25,27)(H,28,29)/t12-,21+/m0/s1. The van der Waals surface area contributed by atoms with E-state index in [1.165, 1.54) is 4.90 Å². The van der Waals surface area contributed by atoms with Crippen LogP contribution in [-0.2, 0) is 19.8 Å². The van der Waals surface area contributed by atoms with Crippen molar-refractivity contribution in [2.75, 3.05) is 11.4 Å². The molecule has 2 atom stereocenters. The van der Waals surface area contributed by atoms with Gasteiger partial charge in [0.15, 0.2) is 0 Å². The number of halogens is 1. The normalized spacial score (nSPS) is 21.9. The van der Waals surface area contributed by atoms with Gasteiger partial charge in [0.05, 0.1) is 11.1 Å². The van der Waals surface area contributed by atoms with Gasteiger partial charge < -0.3 is 15.3 Å². The van der Waals surface area contributed by atoms with Gasteiger partial charge in [-0.05, 0) is 68.9 Å². The molecule has 2 N–H and O–H groups in total. The maximum atomic E-state index is 15.3. The number of rotatable bonds is 8. The van der Waals surface area contributed by atoms with Gasteiger partial charge in [-0.15, -0.1) is 0 Å². The molecule has 2 amide bonds. The molecule has 7 heteroatoms. The van der Waals surface area contributed by atoms with Gasteiger partial charge in [0.2, 0.25) is 11.8 Å². The summed E-state index contributed by atoms with van der Waals surface area (Å²) in [5.74, 6) is -1.53. The van der Waals surface area contributed by atoms with Crippen LogP contribution in [0.5, 0.6) is 0 Å². The fourth-order valence-electron chi connectivity index (χ4n) is 4.78. The van der Waals surface area contributed by atoms with E-state index in [0.717, 1.165) is 25.7 Å². The van der Waals surface area contributed by atoms with Crippen LogP contribution in [-0.4, -0.2) is 35.5 Å². The Hall–Kier alpha value is -2.44. The molecule has 4 rings (SSSR count). The molecule has 0 bridgehead atoms. The van der Waals surface area contributed by atoms with Gasteiger partial charge in [-0.25, -0.2) is 4.39 Å². The van der Waals surface area contributed by atoms with E-state index in [9.17, 15) is 14.4 Å². The highest BCUT2D eigenvalue weighted by Crippen LogP contribution is 2.48. The third kappa shape index (κ3) is 3.70. The number of hydrogen-bond acceptors (Lipinski definition) is 3. The number of fused-ring (bicyclic) bond motifs is 1. The summed E-state index contributed by atoms with van der Waals surface area (Å²) < 4.78 is 15.3. The van der Waals surface area contributed by atoms with Crippen LogP contribution in [0.3, 0.4) is 0 Å². The van der Waals surface area contributed by atoms with Crippen molar-refractivity contribution >= 4 is 23.5 Å². The predicted molar refractivity (Wildman–Crippen MR) is 110 cm³/mol. The average Bonchev–Trinajstić information content (AvgIpc) is 3.55. The number of carbonyl (C=O) groups excluding carboxylic acids is 2. The zero-order valence-electron chi connectivity index (χ0n) is 17.7. The lowest BCUT2D eigenvalue weighted by atomic mass is 9.84. The highest BCUT2D eigenvalue weighted by atomic mass is 19.1. The Morgan fingerprint density at radius 2 is 1.93 bits per heavy atom. The topological polar surface area (TPSA) is 86.7 Å². The van der Waals surface area contributed by atoms with Crippen LogP contribution in [0.25, 0.3) is 0 Å². The molecule has 1 aromatic rings. The molecule has 0 spiro atoms. The zero-order valence-corrected chi connectivity index (χ0v) is 17.7. The van der Waals surface area contributed by atoms with Gasteiger partial charge >= 0.3 is 5.97 Å². The first-order chi connectivity index (χ1) is 14.1. The van der Waals surface area contributed by atoms with Crippen molar-refractivity contribution in [3.63, 3.8) is 0 Å². The van der Waals surface area contributed by atoms with Crippen LogP contribution in [0.2, 0.25) is 0 Å². The van der Waals surface area contributed by atoms with Gasteiger partial charge in [-0.1, -0.05) is 13.0 Å². The largest absolute Gasteiger partial charge is 0.481 e. The van der Waals surface area contributed by atoms with Gasteiger partial charge in [-0.3, -0.25) is 14.4 Å². The van der Waals surface area contributed by atoms with Crippen molar-refractivity contribution in [2.24, 2.45) is 11.8 Å². The van der Waals surface area contributed by atoms with Gasteiger partial charge in [0, 0.05) is 18.0 Å². The number of nitrogens with zero attached hydrogens (tertiary/aromatic N) is 1. The van der Waals surface area contributed by atoms with Crippen LogP contribution in [0, 0.1) is 17.7 Å². The van der Waals surface area contributed by atoms with E-state index < -0.39 is 11.4 Å². The van der Waals surface area contributed by atoms with Crippen LogP contribution >= 0.6 is 0 Å². The quantitative estimate of drug-likeness (QED) is 0.681. The third-order valence-electron chi connectivity index (χ3n) is 6.73. The minimum absolute atomic E-state index is 0.0187. The molecule has 3 aliphatic rings. The summed E-state index contributed by atoms with van der Waals surface area (Å²) in [5, 5.41) is 12.0. The molecule has 162 valence electrons. The number of aliphatic carboxylic acids is 1. The Bertz CT molecular complexity index is 905. The van der Waals surface area contributed by atoms with E-state index in [0.29, 0.717) is 16.8 Å². The van der Waals surface area contributed by atoms with E-state index in [1.54, 1.807) is 26.0 Å². The van der Waals surface area contributed by atoms with E-state index in [4.69, 9.17) is 5.11 Å². The van der Waals surface area contributed by atoms with E-state index >= 15 is 4.39 Å². The molecule has 1 aromatic carbocycles. The molecule has 6 nitrogen and oxygen atoms in total. The fourth-order valence-corrected chi connectivity index (χ4v) is 4.78. The summed E-state index contributed by atoms with van der Waals surface area (Å²) in [5.41, 5.74) is 0.473. The molecule has 0 radical (unpaired) electrons. The summed E-state index contributed by atoms with van der Waals surface area (Å²) in [7, 11) is 0. The average molecular weight is 416 g/mol. The Balaban J connectivity index is 1.53. The number of amides is 2. The number of hydrogen-bond donors (Lipinski definition) is 2. The Morgan fingerprint density at radius 3 is 2.50 bits per heavy atom. The summed E-state index contributed by atoms with van der Waals surface area (Å²) in [6, 6.07) is 3.28. The second kappa shape index (κ2) is 7.36. The smallest absolute Gasteiger partial charge is 0.303 e. The van der Waals surface area contributed by atoms with Crippen molar-refractivity contribution in [2.45, 2.75) is 70.3 Å². The lowest BCUT2D eigenvalue weighted by Crippen LogP contribution is -2.48. The number of carbonyl (C=O) groups is 3. The first kappa shape index (κ1) is 20.8. The first-order valence-corrected chi connectivity index (χ1v) is 10.8. The van der Waals surface area contributed by atoms with Crippen molar-refractivity contribution in [1.82, 2.24) is 5.32 Å². The lowest BCUT2D eigenvalue weighted by molar-refractivity contribution is -0.138. The summed E-state index contributed by atoms with van der Waals surface area (Å²) in [6.45, 7) is 5.04. The summed E-state index contributed by atoms with van der Waals surface area (Å²) in [6.07, 6.45) is 3.83. The highest BCUT2D eigenvalue weighted by molar-refractivity contribution is 6.10. The molecular formula is C23H29FN2O4. The number of anilines is 1. The van der Waals surface area contributed by atoms with E-state index in [1.807, 2.05) is 6.92 Å². The first-order valence-electron chi connectivity index (χ1n) is 10.8. The second-order valence-electron chi connectivity index (χ2n) is 9.66. The van der Waals surface area contributed by atoms with Gasteiger partial charge in [0.25, 0.3) is 0 Å². The van der Waals surface area contributed by atoms with E-state index in [2.05, 4.69) is 5.32 Å². The SMILES string of the molecule is C[C@@H](CC(=O)O)[C@@H](NC(=O)CN1C(=O)C(C)(C)c2c1ccc(C1CC1)c2F)C1CC1. The molecule has 0 saturated heterocycles. The highest BCUT2D eigenvalue weighted by Gasteiger charge is 2.48. The van der Waals surface area contributed by atoms with Crippen LogP contribution in [0.1, 0.15) is 69.9 Å². The fraction of sp³-hybridized carbons (Fsp3) is 0.609. The molecule has 0 unspecified atom stereocenters. The molecule has 2 saturated carbocycles. The summed E-state index contributed by atoms with van der Waals surface area (Å²) in [4.78, 5) is 38.4. The predicted octanol–water partition coefficient (Wildman–Crippen LogP) is 3.33. The Morgan fingerprint density at radius 1 is 1.27 bits per heavy atom. The third-order valence-corrected chi connectivity index (χ3v) is 6.73. The van der Waals surface area contributed by atoms with Crippen molar-refractivity contribution in [3.05, 3.63) is 29.1 Å². The molecule has 2 aliphatic carbocycles. The van der Waals surface area contributed by atoms with E-state index in [-0.39, 0.29) is 54.4 Å². The molecule has 1 aliphatic heterocycles. The van der Waals surface area contributed by atoms with Crippen LogP contribution in [0.15, 0.2) is 12.1 Å². The second-order valence-corrected chi connectivity index (χ2v) is 9.66. The van der Waals surface area contributed by atoms with Gasteiger partial charge in [-0.2, -0.15) is 0 Å².